The highest BCUT2D eigenvalue weighted by Crippen LogP contribution is 2.42. The van der Waals surface area contributed by atoms with Gasteiger partial charge in [0.25, 0.3) is 0 Å². The molecule has 0 aliphatic carbocycles. The highest BCUT2D eigenvalue weighted by molar-refractivity contribution is 5.88. The van der Waals surface area contributed by atoms with Crippen LogP contribution >= 0.6 is 0 Å². The zero-order valence-corrected chi connectivity index (χ0v) is 14.2. The van der Waals surface area contributed by atoms with E-state index >= 15 is 0 Å². The lowest BCUT2D eigenvalue weighted by atomic mass is 9.80. The van der Waals surface area contributed by atoms with E-state index in [-0.39, 0.29) is 0 Å². The molecule has 4 unspecified atom stereocenters. The minimum Gasteiger partial charge on any atom is -0.493 e. The van der Waals surface area contributed by atoms with Crippen molar-refractivity contribution in [2.24, 2.45) is 5.92 Å². The van der Waals surface area contributed by atoms with Crippen molar-refractivity contribution >= 4 is 10.8 Å². The molecule has 0 saturated carbocycles. The number of nitrogens with one attached hydrogen (secondary N) is 1. The Kier molecular flexibility index (Phi) is 3.75. The molecule has 0 amide bonds. The molecule has 25 heavy (non-hydrogen) atoms. The highest BCUT2D eigenvalue weighted by Gasteiger charge is 2.43. The molecular formula is C22H23NO2. The second-order valence-corrected chi connectivity index (χ2v) is 7.36. The van der Waals surface area contributed by atoms with E-state index in [1.54, 1.807) is 6.26 Å². The number of fused-ring (bicyclic) bond motifs is 3. The second-order valence-electron chi connectivity index (χ2n) is 7.36. The van der Waals surface area contributed by atoms with Crippen molar-refractivity contribution in [3.63, 3.8) is 0 Å². The first-order valence-electron chi connectivity index (χ1n) is 9.28. The van der Waals surface area contributed by atoms with Crippen LogP contribution in [0, 0.1) is 5.92 Å². The molecule has 3 heteroatoms. The maximum atomic E-state index is 6.36. The standard InChI is InChI=1S/C22H23NO2/c1-2-7-17-15(5-1)6-3-8-21(17)25-14-19-18(22-9-4-12-24-22)13-16-10-11-20(19)23-16/h1-9,12,16,18-20,23H,10-11,13-14H2. The number of furan rings is 1. The first-order chi connectivity index (χ1) is 12.4. The van der Waals surface area contributed by atoms with E-state index in [1.165, 1.54) is 23.6 Å². The topological polar surface area (TPSA) is 34.4 Å². The number of ether oxygens (including phenoxy) is 1. The molecule has 2 aromatic carbocycles. The van der Waals surface area contributed by atoms with Gasteiger partial charge in [-0.3, -0.25) is 0 Å². The van der Waals surface area contributed by atoms with Gasteiger partial charge in [0.1, 0.15) is 11.5 Å². The zero-order chi connectivity index (χ0) is 16.6. The number of rotatable bonds is 4. The molecule has 0 radical (unpaired) electrons. The molecule has 2 aliphatic heterocycles. The Bertz CT molecular complexity index is 852. The molecule has 3 heterocycles. The van der Waals surface area contributed by atoms with Crippen molar-refractivity contribution in [2.45, 2.75) is 37.3 Å². The van der Waals surface area contributed by atoms with Crippen LogP contribution in [-0.4, -0.2) is 18.7 Å². The Labute approximate surface area is 148 Å². The van der Waals surface area contributed by atoms with Gasteiger partial charge in [0, 0.05) is 29.3 Å². The summed E-state index contributed by atoms with van der Waals surface area (Å²) in [5, 5.41) is 6.20. The molecule has 3 aromatic rings. The summed E-state index contributed by atoms with van der Waals surface area (Å²) in [6, 6.07) is 20.0. The Morgan fingerprint density at radius 2 is 1.92 bits per heavy atom. The molecule has 128 valence electrons. The van der Waals surface area contributed by atoms with E-state index in [2.05, 4.69) is 53.8 Å². The molecule has 2 aliphatic rings. The van der Waals surface area contributed by atoms with E-state index in [0.717, 1.165) is 24.5 Å². The van der Waals surface area contributed by atoms with Gasteiger partial charge in [-0.2, -0.15) is 0 Å². The summed E-state index contributed by atoms with van der Waals surface area (Å²) >= 11 is 0. The fourth-order valence-electron chi connectivity index (χ4n) is 4.70. The minimum absolute atomic E-state index is 0.448. The van der Waals surface area contributed by atoms with Crippen LogP contribution in [0.5, 0.6) is 5.75 Å². The van der Waals surface area contributed by atoms with Gasteiger partial charge in [-0.1, -0.05) is 36.4 Å². The van der Waals surface area contributed by atoms with E-state index in [4.69, 9.17) is 9.15 Å². The van der Waals surface area contributed by atoms with E-state index in [0.29, 0.717) is 23.9 Å². The molecule has 2 fully saturated rings. The summed E-state index contributed by atoms with van der Waals surface area (Å²) in [6.07, 6.45) is 5.45. The van der Waals surface area contributed by atoms with E-state index in [1.807, 2.05) is 6.07 Å². The molecule has 0 spiro atoms. The monoisotopic (exact) mass is 333 g/mol. The maximum absolute atomic E-state index is 6.36. The number of benzene rings is 2. The maximum Gasteiger partial charge on any atom is 0.127 e. The lowest BCUT2D eigenvalue weighted by molar-refractivity contribution is 0.149. The van der Waals surface area contributed by atoms with Crippen LogP contribution in [0.25, 0.3) is 10.8 Å². The average molecular weight is 333 g/mol. The lowest BCUT2D eigenvalue weighted by Crippen LogP contribution is -2.46. The van der Waals surface area contributed by atoms with Crippen LogP contribution in [0.2, 0.25) is 0 Å². The Morgan fingerprint density at radius 1 is 1.00 bits per heavy atom. The van der Waals surface area contributed by atoms with Crippen LogP contribution in [0.4, 0.5) is 0 Å². The van der Waals surface area contributed by atoms with Gasteiger partial charge in [0.05, 0.1) is 12.9 Å². The predicted molar refractivity (Wildman–Crippen MR) is 98.9 cm³/mol. The van der Waals surface area contributed by atoms with Crippen molar-refractivity contribution in [3.8, 4) is 5.75 Å². The van der Waals surface area contributed by atoms with E-state index < -0.39 is 0 Å². The smallest absolute Gasteiger partial charge is 0.127 e. The number of hydrogen-bond donors (Lipinski definition) is 1. The average Bonchev–Trinajstić information content (AvgIpc) is 3.31. The quantitative estimate of drug-likeness (QED) is 0.749. The van der Waals surface area contributed by atoms with Crippen LogP contribution in [0.1, 0.15) is 30.9 Å². The van der Waals surface area contributed by atoms with Crippen molar-refractivity contribution in [2.75, 3.05) is 6.61 Å². The van der Waals surface area contributed by atoms with Crippen molar-refractivity contribution in [1.29, 1.82) is 0 Å². The SMILES string of the molecule is c1coc(C2CC3CCC(N3)C2COc2cccc3ccccc23)c1. The fraction of sp³-hybridized carbons (Fsp3) is 0.364. The third kappa shape index (κ3) is 2.73. The first-order valence-corrected chi connectivity index (χ1v) is 9.28. The predicted octanol–water partition coefficient (Wildman–Crippen LogP) is 4.74. The summed E-state index contributed by atoms with van der Waals surface area (Å²) in [7, 11) is 0. The van der Waals surface area contributed by atoms with Crippen LogP contribution in [-0.2, 0) is 0 Å². The van der Waals surface area contributed by atoms with Gasteiger partial charge in [0.15, 0.2) is 0 Å². The molecule has 1 N–H and O–H groups in total. The fourth-order valence-corrected chi connectivity index (χ4v) is 4.70. The second kappa shape index (κ2) is 6.23. The molecule has 3 nitrogen and oxygen atoms in total. The van der Waals surface area contributed by atoms with Gasteiger partial charge in [-0.25, -0.2) is 0 Å². The Morgan fingerprint density at radius 3 is 2.84 bits per heavy atom. The van der Waals surface area contributed by atoms with E-state index in [9.17, 15) is 0 Å². The first kappa shape index (κ1) is 15.0. The normalized spacial score (nSPS) is 28.3. The summed E-state index contributed by atoms with van der Waals surface area (Å²) < 4.78 is 12.1. The Balaban J connectivity index is 1.41. The van der Waals surface area contributed by atoms with Crippen molar-refractivity contribution in [1.82, 2.24) is 5.32 Å². The van der Waals surface area contributed by atoms with Gasteiger partial charge in [0.2, 0.25) is 0 Å². The van der Waals surface area contributed by atoms with Crippen molar-refractivity contribution < 1.29 is 9.15 Å². The van der Waals surface area contributed by atoms with Crippen LogP contribution in [0.3, 0.4) is 0 Å². The molecule has 1 aromatic heterocycles. The molecular weight excluding hydrogens is 310 g/mol. The van der Waals surface area contributed by atoms with Gasteiger partial charge >= 0.3 is 0 Å². The lowest BCUT2D eigenvalue weighted by Gasteiger charge is -2.36. The number of piperidine rings is 1. The van der Waals surface area contributed by atoms with Crippen molar-refractivity contribution in [3.05, 3.63) is 66.6 Å². The highest BCUT2D eigenvalue weighted by atomic mass is 16.5. The molecule has 2 bridgehead atoms. The molecule has 2 saturated heterocycles. The third-order valence-electron chi connectivity index (χ3n) is 5.94. The largest absolute Gasteiger partial charge is 0.493 e. The summed E-state index contributed by atoms with van der Waals surface area (Å²) in [5.74, 6) is 2.99. The minimum atomic E-state index is 0.448. The molecule has 5 rings (SSSR count). The van der Waals surface area contributed by atoms with Gasteiger partial charge in [-0.05, 0) is 42.8 Å². The summed E-state index contributed by atoms with van der Waals surface area (Å²) in [5.41, 5.74) is 0. The Hall–Kier alpha value is -2.26. The molecule has 4 atom stereocenters. The summed E-state index contributed by atoms with van der Waals surface area (Å²) in [6.45, 7) is 0.726. The zero-order valence-electron chi connectivity index (χ0n) is 14.2. The van der Waals surface area contributed by atoms with Gasteiger partial charge in [-0.15, -0.1) is 0 Å². The van der Waals surface area contributed by atoms with Crippen LogP contribution in [0.15, 0.2) is 65.3 Å². The van der Waals surface area contributed by atoms with Crippen LogP contribution < -0.4 is 10.1 Å². The third-order valence-corrected chi connectivity index (χ3v) is 5.94. The summed E-state index contributed by atoms with van der Waals surface area (Å²) in [4.78, 5) is 0. The number of hydrogen-bond acceptors (Lipinski definition) is 3. The van der Waals surface area contributed by atoms with Gasteiger partial charge < -0.3 is 14.5 Å².